The van der Waals surface area contributed by atoms with Gasteiger partial charge in [-0.25, -0.2) is 0 Å². The average Bonchev–Trinajstić information content (AvgIpc) is 2.61. The third-order valence-electron chi connectivity index (χ3n) is 3.58. The topological polar surface area (TPSA) is 78.5 Å². The average molecular weight is 418 g/mol. The van der Waals surface area contributed by atoms with Crippen LogP contribution in [0.15, 0.2) is 53.0 Å². The van der Waals surface area contributed by atoms with Crippen LogP contribution < -0.4 is 10.6 Å². The number of anilines is 2. The van der Waals surface area contributed by atoms with Gasteiger partial charge in [0.15, 0.2) is 0 Å². The van der Waals surface area contributed by atoms with Gasteiger partial charge in [0.25, 0.3) is 5.91 Å². The molecule has 0 aliphatic rings. The second kappa shape index (κ2) is 9.15. The minimum absolute atomic E-state index is 0.0428. The van der Waals surface area contributed by atoms with E-state index in [0.717, 1.165) is 4.47 Å². The van der Waals surface area contributed by atoms with Gasteiger partial charge in [-0.3, -0.25) is 14.4 Å². The summed E-state index contributed by atoms with van der Waals surface area (Å²) < 4.78 is 0.887. The summed E-state index contributed by atoms with van der Waals surface area (Å²) in [7, 11) is 0. The minimum atomic E-state index is -0.287. The molecule has 0 aromatic heterocycles. The number of carbonyl (C=O) groups is 3. The number of nitrogens with zero attached hydrogens (tertiary/aromatic N) is 1. The van der Waals surface area contributed by atoms with E-state index >= 15 is 0 Å². The van der Waals surface area contributed by atoms with E-state index in [4.69, 9.17) is 0 Å². The predicted octanol–water partition coefficient (Wildman–Crippen LogP) is 3.51. The normalized spacial score (nSPS) is 10.1. The monoisotopic (exact) mass is 417 g/mol. The number of rotatable bonds is 6. The molecule has 2 rings (SSSR count). The van der Waals surface area contributed by atoms with Crippen molar-refractivity contribution in [1.82, 2.24) is 4.90 Å². The Balaban J connectivity index is 1.97. The lowest BCUT2D eigenvalue weighted by Gasteiger charge is -2.20. The van der Waals surface area contributed by atoms with Crippen LogP contribution in [-0.2, 0) is 9.59 Å². The fraction of sp³-hybridized carbons (Fsp3) is 0.211. The lowest BCUT2D eigenvalue weighted by Crippen LogP contribution is -2.37. The molecule has 0 saturated heterocycles. The van der Waals surface area contributed by atoms with Crippen LogP contribution in [0.1, 0.15) is 24.2 Å². The Kier molecular flexibility index (Phi) is 6.91. The third-order valence-corrected chi connectivity index (χ3v) is 4.11. The summed E-state index contributed by atoms with van der Waals surface area (Å²) in [6.45, 7) is 3.63. The van der Waals surface area contributed by atoms with Gasteiger partial charge in [-0.15, -0.1) is 0 Å². The molecule has 0 unspecified atom stereocenters. The first-order valence-electron chi connectivity index (χ1n) is 8.11. The van der Waals surface area contributed by atoms with Crippen LogP contribution in [-0.4, -0.2) is 35.7 Å². The van der Waals surface area contributed by atoms with Crippen molar-refractivity contribution in [3.63, 3.8) is 0 Å². The molecule has 26 heavy (non-hydrogen) atoms. The summed E-state index contributed by atoms with van der Waals surface area (Å²) in [5.74, 6) is -0.646. The van der Waals surface area contributed by atoms with Crippen LogP contribution in [0.3, 0.4) is 0 Å². The van der Waals surface area contributed by atoms with E-state index in [1.54, 1.807) is 48.5 Å². The van der Waals surface area contributed by atoms with Gasteiger partial charge in [0.2, 0.25) is 11.8 Å². The van der Waals surface area contributed by atoms with Crippen molar-refractivity contribution in [2.45, 2.75) is 13.8 Å². The van der Waals surface area contributed by atoms with E-state index in [1.807, 2.05) is 6.92 Å². The zero-order chi connectivity index (χ0) is 19.1. The molecule has 0 spiro atoms. The van der Waals surface area contributed by atoms with Gasteiger partial charge >= 0.3 is 0 Å². The van der Waals surface area contributed by atoms with Gasteiger partial charge in [0, 0.05) is 34.9 Å². The number of hydrogen-bond donors (Lipinski definition) is 2. The highest BCUT2D eigenvalue weighted by molar-refractivity contribution is 9.10. The van der Waals surface area contributed by atoms with Crippen LogP contribution in [0, 0.1) is 0 Å². The van der Waals surface area contributed by atoms with Crippen molar-refractivity contribution in [1.29, 1.82) is 0 Å². The first kappa shape index (κ1) is 19.7. The Morgan fingerprint density at radius 1 is 0.923 bits per heavy atom. The fourth-order valence-corrected chi connectivity index (χ4v) is 2.58. The van der Waals surface area contributed by atoms with Gasteiger partial charge < -0.3 is 15.5 Å². The van der Waals surface area contributed by atoms with E-state index in [-0.39, 0.29) is 24.3 Å². The molecule has 0 heterocycles. The summed E-state index contributed by atoms with van der Waals surface area (Å²) in [5, 5.41) is 5.41. The molecule has 0 bridgehead atoms. The van der Waals surface area contributed by atoms with Gasteiger partial charge in [-0.1, -0.05) is 15.9 Å². The van der Waals surface area contributed by atoms with Crippen LogP contribution in [0.4, 0.5) is 11.4 Å². The molecule has 0 radical (unpaired) electrons. The molecule has 0 aliphatic carbocycles. The number of benzene rings is 2. The summed E-state index contributed by atoms with van der Waals surface area (Å²) >= 11 is 3.33. The Labute approximate surface area is 160 Å². The van der Waals surface area contributed by atoms with E-state index in [1.165, 1.54) is 11.8 Å². The highest BCUT2D eigenvalue weighted by Crippen LogP contribution is 2.15. The fourth-order valence-electron chi connectivity index (χ4n) is 2.32. The standard InChI is InChI=1S/C19H20BrN3O3/c1-3-23(19(26)14-4-6-15(20)7-5-14)12-18(25)22-17-10-8-16(9-11-17)21-13(2)24/h4-11H,3,12H2,1-2H3,(H,21,24)(H,22,25). The molecule has 0 fully saturated rings. The molecule has 0 saturated carbocycles. The second-order valence-corrected chi connectivity index (χ2v) is 6.55. The molecule has 2 N–H and O–H groups in total. The third kappa shape index (κ3) is 5.70. The van der Waals surface area contributed by atoms with Gasteiger partial charge in [-0.2, -0.15) is 0 Å². The number of halogens is 1. The summed E-state index contributed by atoms with van der Waals surface area (Å²) in [6.07, 6.45) is 0. The lowest BCUT2D eigenvalue weighted by molar-refractivity contribution is -0.117. The van der Waals surface area contributed by atoms with Crippen LogP contribution in [0.5, 0.6) is 0 Å². The molecule has 0 atom stereocenters. The summed E-state index contributed by atoms with van der Waals surface area (Å²) in [4.78, 5) is 37.3. The zero-order valence-electron chi connectivity index (χ0n) is 14.6. The van der Waals surface area contributed by atoms with Crippen LogP contribution in [0.25, 0.3) is 0 Å². The largest absolute Gasteiger partial charge is 0.330 e. The van der Waals surface area contributed by atoms with Gasteiger partial charge in [0.05, 0.1) is 0 Å². The SMILES string of the molecule is CCN(CC(=O)Nc1ccc(NC(C)=O)cc1)C(=O)c1ccc(Br)cc1. The van der Waals surface area contributed by atoms with E-state index in [2.05, 4.69) is 26.6 Å². The first-order chi connectivity index (χ1) is 12.4. The summed E-state index contributed by atoms with van der Waals surface area (Å²) in [6, 6.07) is 13.8. The van der Waals surface area contributed by atoms with Crippen molar-refractivity contribution in [3.8, 4) is 0 Å². The van der Waals surface area contributed by atoms with Crippen LogP contribution >= 0.6 is 15.9 Å². The van der Waals surface area contributed by atoms with Crippen molar-refractivity contribution >= 4 is 45.0 Å². The molecule has 3 amide bonds. The van der Waals surface area contributed by atoms with E-state index in [0.29, 0.717) is 23.5 Å². The minimum Gasteiger partial charge on any atom is -0.330 e. The zero-order valence-corrected chi connectivity index (χ0v) is 16.2. The Morgan fingerprint density at radius 2 is 1.46 bits per heavy atom. The smallest absolute Gasteiger partial charge is 0.254 e. The van der Waals surface area contributed by atoms with Crippen molar-refractivity contribution in [2.75, 3.05) is 23.7 Å². The number of hydrogen-bond acceptors (Lipinski definition) is 3. The number of nitrogens with one attached hydrogen (secondary N) is 2. The predicted molar refractivity (Wildman–Crippen MR) is 105 cm³/mol. The molecular weight excluding hydrogens is 398 g/mol. The maximum atomic E-state index is 12.5. The second-order valence-electron chi connectivity index (χ2n) is 5.63. The first-order valence-corrected chi connectivity index (χ1v) is 8.90. The molecular formula is C19H20BrN3O3. The highest BCUT2D eigenvalue weighted by Gasteiger charge is 2.17. The number of carbonyl (C=O) groups excluding carboxylic acids is 3. The summed E-state index contributed by atoms with van der Waals surface area (Å²) in [5.41, 5.74) is 1.77. The Morgan fingerprint density at radius 3 is 1.96 bits per heavy atom. The Bertz CT molecular complexity index is 789. The van der Waals surface area contributed by atoms with Gasteiger partial charge in [-0.05, 0) is 55.5 Å². The quantitative estimate of drug-likeness (QED) is 0.754. The maximum absolute atomic E-state index is 12.5. The molecule has 2 aromatic rings. The van der Waals surface area contributed by atoms with Crippen LogP contribution in [0.2, 0.25) is 0 Å². The molecule has 0 aliphatic heterocycles. The molecule has 7 heteroatoms. The number of likely N-dealkylation sites (N-methyl/N-ethyl adjacent to an activating group) is 1. The molecule has 2 aromatic carbocycles. The van der Waals surface area contributed by atoms with E-state index in [9.17, 15) is 14.4 Å². The molecule has 136 valence electrons. The number of amides is 3. The lowest BCUT2D eigenvalue weighted by atomic mass is 10.2. The van der Waals surface area contributed by atoms with Crippen molar-refractivity contribution in [3.05, 3.63) is 58.6 Å². The van der Waals surface area contributed by atoms with Crippen molar-refractivity contribution < 1.29 is 14.4 Å². The highest BCUT2D eigenvalue weighted by atomic mass is 79.9. The molecule has 6 nitrogen and oxygen atoms in total. The van der Waals surface area contributed by atoms with E-state index < -0.39 is 0 Å². The van der Waals surface area contributed by atoms with Gasteiger partial charge in [0.1, 0.15) is 6.54 Å². The van der Waals surface area contributed by atoms with Crippen molar-refractivity contribution in [2.24, 2.45) is 0 Å². The maximum Gasteiger partial charge on any atom is 0.254 e. The Hall–Kier alpha value is -2.67.